The van der Waals surface area contributed by atoms with Crippen LogP contribution in [0.15, 0.2) is 30.3 Å². The van der Waals surface area contributed by atoms with Crippen molar-refractivity contribution in [1.82, 2.24) is 10.6 Å². The number of carbonyl (C=O) groups excluding carboxylic acids is 1. The number of nitriles is 1. The predicted molar refractivity (Wildman–Crippen MR) is 102 cm³/mol. The highest BCUT2D eigenvalue weighted by atomic mass is 16.6. The molecule has 0 aliphatic heterocycles. The van der Waals surface area contributed by atoms with Crippen LogP contribution in [0.5, 0.6) is 0 Å². The molecular formula is C20H31N3O3. The Morgan fingerprint density at radius 2 is 1.96 bits per heavy atom. The number of nitrogens with one attached hydrogen (secondary N) is 2. The molecule has 2 unspecified atom stereocenters. The average Bonchev–Trinajstić information content (AvgIpc) is 2.56. The monoisotopic (exact) mass is 361 g/mol. The minimum Gasteiger partial charge on any atom is -0.444 e. The van der Waals surface area contributed by atoms with Crippen LogP contribution in [0.1, 0.15) is 45.6 Å². The first-order valence-electron chi connectivity index (χ1n) is 9.11. The van der Waals surface area contributed by atoms with Gasteiger partial charge < -0.3 is 20.5 Å². The van der Waals surface area contributed by atoms with Crippen molar-refractivity contribution in [2.45, 2.75) is 64.2 Å². The van der Waals surface area contributed by atoms with Gasteiger partial charge in [0.1, 0.15) is 5.60 Å². The summed E-state index contributed by atoms with van der Waals surface area (Å²) in [7, 11) is 0. The number of aliphatic hydroxyl groups excluding tert-OH is 1. The Hall–Kier alpha value is -2.10. The van der Waals surface area contributed by atoms with Crippen LogP contribution in [0.4, 0.5) is 4.79 Å². The molecule has 0 aromatic heterocycles. The van der Waals surface area contributed by atoms with Gasteiger partial charge in [-0.1, -0.05) is 30.3 Å². The minimum absolute atomic E-state index is 0.361. The number of rotatable bonds is 10. The van der Waals surface area contributed by atoms with Crippen LogP contribution >= 0.6 is 0 Å². The molecule has 6 heteroatoms. The van der Waals surface area contributed by atoms with Crippen molar-refractivity contribution < 1.29 is 14.6 Å². The summed E-state index contributed by atoms with van der Waals surface area (Å²) in [5, 5.41) is 25.0. The molecule has 0 heterocycles. The van der Waals surface area contributed by atoms with Gasteiger partial charge in [0.05, 0.1) is 18.2 Å². The van der Waals surface area contributed by atoms with E-state index >= 15 is 0 Å². The van der Waals surface area contributed by atoms with Crippen LogP contribution in [0.3, 0.4) is 0 Å². The summed E-state index contributed by atoms with van der Waals surface area (Å²) in [5.74, 6) is 0. The summed E-state index contributed by atoms with van der Waals surface area (Å²) in [6.45, 7) is 6.50. The highest BCUT2D eigenvalue weighted by Crippen LogP contribution is 2.10. The van der Waals surface area contributed by atoms with Crippen LogP contribution in [0.25, 0.3) is 0 Å². The number of benzene rings is 1. The quantitative estimate of drug-likeness (QED) is 0.557. The van der Waals surface area contributed by atoms with Crippen LogP contribution in [-0.2, 0) is 11.2 Å². The number of amides is 1. The maximum absolute atomic E-state index is 12.1. The summed E-state index contributed by atoms with van der Waals surface area (Å²) in [4.78, 5) is 12.1. The number of hydrogen-bond donors (Lipinski definition) is 3. The first-order valence-corrected chi connectivity index (χ1v) is 9.11. The fourth-order valence-electron chi connectivity index (χ4n) is 2.46. The van der Waals surface area contributed by atoms with Crippen molar-refractivity contribution >= 4 is 6.09 Å². The summed E-state index contributed by atoms with van der Waals surface area (Å²) < 4.78 is 5.31. The third-order valence-corrected chi connectivity index (χ3v) is 3.71. The summed E-state index contributed by atoms with van der Waals surface area (Å²) in [6.07, 6.45) is 1.48. The second kappa shape index (κ2) is 11.5. The fourth-order valence-corrected chi connectivity index (χ4v) is 2.46. The molecule has 1 aromatic carbocycles. The van der Waals surface area contributed by atoms with Gasteiger partial charge in [-0.2, -0.15) is 5.26 Å². The van der Waals surface area contributed by atoms with Gasteiger partial charge in [0, 0.05) is 13.0 Å². The smallest absolute Gasteiger partial charge is 0.407 e. The largest absolute Gasteiger partial charge is 0.444 e. The summed E-state index contributed by atoms with van der Waals surface area (Å²) in [6, 6.07) is 11.4. The Kier molecular flexibility index (Phi) is 9.71. The molecule has 26 heavy (non-hydrogen) atoms. The number of aliphatic hydroxyl groups is 1. The predicted octanol–water partition coefficient (Wildman–Crippen LogP) is 2.77. The van der Waals surface area contributed by atoms with E-state index in [2.05, 4.69) is 16.7 Å². The van der Waals surface area contributed by atoms with E-state index < -0.39 is 23.8 Å². The van der Waals surface area contributed by atoms with Crippen molar-refractivity contribution in [2.24, 2.45) is 0 Å². The zero-order valence-electron chi connectivity index (χ0n) is 16.0. The topological polar surface area (TPSA) is 94.4 Å². The standard InChI is InChI=1S/C20H31N3O3/c1-20(2,3)26-19(25)23-17(14-16-10-6-4-7-11-16)18(24)15-22-13-9-5-8-12-21/h4,6-7,10-11,17-18,22,24H,5,8-9,13-15H2,1-3H3,(H,23,25). The molecule has 0 saturated heterocycles. The Morgan fingerprint density at radius 1 is 1.27 bits per heavy atom. The Labute approximate surface area is 156 Å². The summed E-state index contributed by atoms with van der Waals surface area (Å²) >= 11 is 0. The molecule has 144 valence electrons. The van der Waals surface area contributed by atoms with E-state index in [1.807, 2.05) is 30.3 Å². The molecular weight excluding hydrogens is 330 g/mol. The second-order valence-corrected chi connectivity index (χ2v) is 7.33. The first kappa shape index (κ1) is 21.9. The van der Waals surface area contributed by atoms with Crippen LogP contribution < -0.4 is 10.6 Å². The molecule has 3 N–H and O–H groups in total. The van der Waals surface area contributed by atoms with Crippen molar-refractivity contribution in [3.05, 3.63) is 35.9 Å². The van der Waals surface area contributed by atoms with Crippen molar-refractivity contribution in [3.8, 4) is 6.07 Å². The molecule has 0 spiro atoms. The van der Waals surface area contributed by atoms with Crippen LogP contribution in [0.2, 0.25) is 0 Å². The number of unbranched alkanes of at least 4 members (excludes halogenated alkanes) is 2. The average molecular weight is 361 g/mol. The lowest BCUT2D eigenvalue weighted by Crippen LogP contribution is -2.50. The molecule has 0 fully saturated rings. The van der Waals surface area contributed by atoms with Gasteiger partial charge in [-0.25, -0.2) is 4.79 Å². The third-order valence-electron chi connectivity index (χ3n) is 3.71. The van der Waals surface area contributed by atoms with Crippen molar-refractivity contribution in [3.63, 3.8) is 0 Å². The zero-order valence-corrected chi connectivity index (χ0v) is 16.0. The molecule has 0 aliphatic carbocycles. The molecule has 6 nitrogen and oxygen atoms in total. The van der Waals surface area contributed by atoms with Gasteiger partial charge in [0.25, 0.3) is 0 Å². The van der Waals surface area contributed by atoms with E-state index in [1.165, 1.54) is 0 Å². The minimum atomic E-state index is -0.751. The van der Waals surface area contributed by atoms with Crippen molar-refractivity contribution in [2.75, 3.05) is 13.1 Å². The van der Waals surface area contributed by atoms with E-state index in [4.69, 9.17) is 10.00 Å². The Morgan fingerprint density at radius 3 is 2.58 bits per heavy atom. The van der Waals surface area contributed by atoms with Gasteiger partial charge in [0.2, 0.25) is 0 Å². The molecule has 0 bridgehead atoms. The maximum Gasteiger partial charge on any atom is 0.407 e. The van der Waals surface area contributed by atoms with Crippen LogP contribution in [0, 0.1) is 11.3 Å². The normalized spacial score (nSPS) is 13.5. The van der Waals surface area contributed by atoms with E-state index in [9.17, 15) is 9.90 Å². The number of nitrogens with zero attached hydrogens (tertiary/aromatic N) is 1. The Balaban J connectivity index is 2.58. The SMILES string of the molecule is CC(C)(C)OC(=O)NC(Cc1ccccc1)C(O)CNCCCCC#N. The molecule has 1 aromatic rings. The van der Waals surface area contributed by atoms with Gasteiger partial charge >= 0.3 is 6.09 Å². The molecule has 0 saturated carbocycles. The molecule has 0 radical (unpaired) electrons. The Bertz CT molecular complexity index is 564. The van der Waals surface area contributed by atoms with Crippen molar-refractivity contribution in [1.29, 1.82) is 5.26 Å². The lowest BCUT2D eigenvalue weighted by molar-refractivity contribution is 0.0422. The molecule has 2 atom stereocenters. The summed E-state index contributed by atoms with van der Waals surface area (Å²) in [5.41, 5.74) is 0.437. The highest BCUT2D eigenvalue weighted by Gasteiger charge is 2.24. The van der Waals surface area contributed by atoms with E-state index in [0.717, 1.165) is 24.9 Å². The lowest BCUT2D eigenvalue weighted by atomic mass is 10.0. The van der Waals surface area contributed by atoms with Gasteiger partial charge in [-0.3, -0.25) is 0 Å². The highest BCUT2D eigenvalue weighted by molar-refractivity contribution is 5.68. The van der Waals surface area contributed by atoms with Gasteiger partial charge in [0.15, 0.2) is 0 Å². The zero-order chi connectivity index (χ0) is 19.4. The number of hydrogen-bond acceptors (Lipinski definition) is 5. The first-order chi connectivity index (χ1) is 12.3. The number of carbonyl (C=O) groups is 1. The molecule has 1 rings (SSSR count). The molecule has 0 aliphatic rings. The van der Waals surface area contributed by atoms with Gasteiger partial charge in [-0.15, -0.1) is 0 Å². The fraction of sp³-hybridized carbons (Fsp3) is 0.600. The lowest BCUT2D eigenvalue weighted by Gasteiger charge is -2.27. The van der Waals surface area contributed by atoms with E-state index in [-0.39, 0.29) is 0 Å². The third kappa shape index (κ3) is 10.0. The van der Waals surface area contributed by atoms with E-state index in [0.29, 0.717) is 19.4 Å². The number of ether oxygens (including phenoxy) is 1. The molecule has 1 amide bonds. The maximum atomic E-state index is 12.1. The number of alkyl carbamates (subject to hydrolysis) is 1. The second-order valence-electron chi connectivity index (χ2n) is 7.33. The van der Waals surface area contributed by atoms with Crippen LogP contribution in [-0.4, -0.2) is 42.0 Å². The van der Waals surface area contributed by atoms with Gasteiger partial charge in [-0.05, 0) is 52.1 Å². The van der Waals surface area contributed by atoms with E-state index in [1.54, 1.807) is 20.8 Å².